The van der Waals surface area contributed by atoms with Gasteiger partial charge in [0.25, 0.3) is 0 Å². The molecule has 0 aliphatic carbocycles. The van der Waals surface area contributed by atoms with Gasteiger partial charge in [0.2, 0.25) is 5.95 Å². The van der Waals surface area contributed by atoms with Crippen LogP contribution in [0.1, 0.15) is 23.7 Å². The van der Waals surface area contributed by atoms with Gasteiger partial charge in [-0.2, -0.15) is 4.98 Å². The second kappa shape index (κ2) is 5.21. The topological polar surface area (TPSA) is 88.8 Å². The van der Waals surface area contributed by atoms with Gasteiger partial charge in [0.05, 0.1) is 10.9 Å². The van der Waals surface area contributed by atoms with Crippen LogP contribution >= 0.6 is 22.7 Å². The number of hydrogen-bond acceptors (Lipinski definition) is 8. The Bertz CT molecular complexity index is 762. The largest absolute Gasteiger partial charge is 0.358 e. The lowest BCUT2D eigenvalue weighted by molar-refractivity contribution is 0.602. The SMILES string of the molecule is Cc1cc2c(NC(C)(C)c3nccs3)nc(NN)nc2s1. The van der Waals surface area contributed by atoms with Gasteiger partial charge in [-0.1, -0.05) is 0 Å². The number of nitrogens with two attached hydrogens (primary N) is 1. The summed E-state index contributed by atoms with van der Waals surface area (Å²) in [6, 6.07) is 2.08. The zero-order valence-corrected chi connectivity index (χ0v) is 13.6. The third kappa shape index (κ3) is 2.69. The van der Waals surface area contributed by atoms with E-state index in [9.17, 15) is 0 Å². The number of nitrogens with zero attached hydrogens (tertiary/aromatic N) is 3. The number of aryl methyl sites for hydroxylation is 1. The predicted octanol–water partition coefficient (Wildman–Crippen LogP) is 3.09. The van der Waals surface area contributed by atoms with Crippen LogP contribution in [-0.2, 0) is 5.54 Å². The summed E-state index contributed by atoms with van der Waals surface area (Å²) >= 11 is 3.23. The molecule has 3 aromatic rings. The van der Waals surface area contributed by atoms with E-state index >= 15 is 0 Å². The maximum absolute atomic E-state index is 5.47. The second-order valence-corrected chi connectivity index (χ2v) is 7.33. The third-order valence-electron chi connectivity index (χ3n) is 3.04. The van der Waals surface area contributed by atoms with Crippen molar-refractivity contribution in [1.29, 1.82) is 0 Å². The van der Waals surface area contributed by atoms with E-state index in [2.05, 4.69) is 52.5 Å². The molecule has 0 unspecified atom stereocenters. The third-order valence-corrected chi connectivity index (χ3v) is 5.08. The molecule has 0 saturated carbocycles. The first kappa shape index (κ1) is 14.2. The van der Waals surface area contributed by atoms with Crippen molar-refractivity contribution in [2.45, 2.75) is 26.3 Å². The van der Waals surface area contributed by atoms with E-state index in [0.717, 1.165) is 21.0 Å². The summed E-state index contributed by atoms with van der Waals surface area (Å²) in [4.78, 5) is 15.3. The van der Waals surface area contributed by atoms with E-state index in [1.807, 2.05) is 5.38 Å². The van der Waals surface area contributed by atoms with Crippen molar-refractivity contribution in [3.63, 3.8) is 0 Å². The molecule has 6 nitrogen and oxygen atoms in total. The van der Waals surface area contributed by atoms with Crippen LogP contribution in [0.15, 0.2) is 17.6 Å². The average molecular weight is 320 g/mol. The van der Waals surface area contributed by atoms with E-state index in [1.54, 1.807) is 28.9 Å². The number of nitrogens with one attached hydrogen (secondary N) is 2. The number of hydrazine groups is 1. The molecular weight excluding hydrogens is 304 g/mol. The molecule has 0 amide bonds. The fraction of sp³-hybridized carbons (Fsp3) is 0.308. The Hall–Kier alpha value is -1.77. The summed E-state index contributed by atoms with van der Waals surface area (Å²) in [7, 11) is 0. The molecule has 3 rings (SSSR count). The molecule has 0 aliphatic heterocycles. The van der Waals surface area contributed by atoms with E-state index < -0.39 is 0 Å². The Morgan fingerprint density at radius 3 is 2.76 bits per heavy atom. The fourth-order valence-electron chi connectivity index (χ4n) is 2.08. The Morgan fingerprint density at radius 1 is 1.29 bits per heavy atom. The smallest absolute Gasteiger partial charge is 0.240 e. The average Bonchev–Trinajstić information content (AvgIpc) is 3.06. The minimum atomic E-state index is -0.322. The van der Waals surface area contributed by atoms with Crippen LogP contribution in [0.2, 0.25) is 0 Å². The monoisotopic (exact) mass is 320 g/mol. The van der Waals surface area contributed by atoms with Crippen molar-refractivity contribution in [3.05, 3.63) is 27.5 Å². The normalized spacial score (nSPS) is 11.8. The number of rotatable bonds is 4. The molecule has 0 bridgehead atoms. The maximum Gasteiger partial charge on any atom is 0.240 e. The molecule has 0 spiro atoms. The molecule has 110 valence electrons. The number of thiophene rings is 1. The summed E-state index contributed by atoms with van der Waals surface area (Å²) in [5.74, 6) is 6.63. The van der Waals surface area contributed by atoms with E-state index in [0.29, 0.717) is 5.95 Å². The standard InChI is InChI=1S/C13H16N6S2/c1-7-6-8-9(16-12(19-14)17-10(8)21-7)18-13(2,3)11-15-4-5-20-11/h4-6H,14H2,1-3H3,(H2,16,17,18,19). The first-order chi connectivity index (χ1) is 9.99. The van der Waals surface area contributed by atoms with Gasteiger partial charge in [0, 0.05) is 16.5 Å². The van der Waals surface area contributed by atoms with Crippen LogP contribution in [0.25, 0.3) is 10.2 Å². The first-order valence-electron chi connectivity index (χ1n) is 6.42. The molecule has 3 aromatic heterocycles. The molecule has 0 saturated heterocycles. The number of hydrogen-bond donors (Lipinski definition) is 3. The molecular formula is C13H16N6S2. The molecule has 0 fully saturated rings. The van der Waals surface area contributed by atoms with Crippen LogP contribution in [-0.4, -0.2) is 15.0 Å². The van der Waals surface area contributed by atoms with Crippen molar-refractivity contribution in [3.8, 4) is 0 Å². The minimum absolute atomic E-state index is 0.322. The highest BCUT2D eigenvalue weighted by atomic mass is 32.1. The van der Waals surface area contributed by atoms with Crippen LogP contribution in [0.3, 0.4) is 0 Å². The lowest BCUT2D eigenvalue weighted by Gasteiger charge is -2.25. The highest BCUT2D eigenvalue weighted by Crippen LogP contribution is 2.33. The molecule has 0 atom stereocenters. The lowest BCUT2D eigenvalue weighted by atomic mass is 10.1. The van der Waals surface area contributed by atoms with Gasteiger partial charge in [-0.25, -0.2) is 15.8 Å². The Kier molecular flexibility index (Phi) is 3.52. The van der Waals surface area contributed by atoms with E-state index in [1.165, 1.54) is 4.88 Å². The zero-order chi connectivity index (χ0) is 15.0. The molecule has 4 N–H and O–H groups in total. The summed E-state index contributed by atoms with van der Waals surface area (Å²) in [6.45, 7) is 6.21. The van der Waals surface area contributed by atoms with Gasteiger partial charge in [-0.15, -0.1) is 22.7 Å². The molecule has 0 aromatic carbocycles. The molecule has 3 heterocycles. The molecule has 0 aliphatic rings. The van der Waals surface area contributed by atoms with Crippen LogP contribution in [0.4, 0.5) is 11.8 Å². The second-order valence-electron chi connectivity index (χ2n) is 5.20. The minimum Gasteiger partial charge on any atom is -0.358 e. The highest BCUT2D eigenvalue weighted by Gasteiger charge is 2.25. The summed E-state index contributed by atoms with van der Waals surface area (Å²) in [5.41, 5.74) is 2.20. The quantitative estimate of drug-likeness (QED) is 0.506. The van der Waals surface area contributed by atoms with Crippen LogP contribution in [0, 0.1) is 6.92 Å². The summed E-state index contributed by atoms with van der Waals surface area (Å²) < 4.78 is 0. The Balaban J connectivity index is 2.07. The maximum atomic E-state index is 5.47. The van der Waals surface area contributed by atoms with Crippen molar-refractivity contribution in [2.75, 3.05) is 10.7 Å². The highest BCUT2D eigenvalue weighted by molar-refractivity contribution is 7.18. The van der Waals surface area contributed by atoms with Gasteiger partial charge in [-0.05, 0) is 26.8 Å². The fourth-order valence-corrected chi connectivity index (χ4v) is 3.68. The molecule has 21 heavy (non-hydrogen) atoms. The number of anilines is 2. The van der Waals surface area contributed by atoms with Crippen LogP contribution < -0.4 is 16.6 Å². The van der Waals surface area contributed by atoms with Crippen molar-refractivity contribution < 1.29 is 0 Å². The van der Waals surface area contributed by atoms with Gasteiger partial charge in [-0.3, -0.25) is 5.43 Å². The van der Waals surface area contributed by atoms with Crippen molar-refractivity contribution >= 4 is 44.7 Å². The number of thiazole rings is 1. The number of fused-ring (bicyclic) bond motifs is 1. The van der Waals surface area contributed by atoms with E-state index in [-0.39, 0.29) is 5.54 Å². The van der Waals surface area contributed by atoms with Gasteiger partial charge in [0.1, 0.15) is 15.7 Å². The summed E-state index contributed by atoms with van der Waals surface area (Å²) in [6.07, 6.45) is 1.81. The van der Waals surface area contributed by atoms with Gasteiger partial charge >= 0.3 is 0 Å². The van der Waals surface area contributed by atoms with Crippen LogP contribution in [0.5, 0.6) is 0 Å². The zero-order valence-electron chi connectivity index (χ0n) is 12.0. The van der Waals surface area contributed by atoms with Crippen molar-refractivity contribution in [1.82, 2.24) is 15.0 Å². The van der Waals surface area contributed by atoms with Crippen molar-refractivity contribution in [2.24, 2.45) is 5.84 Å². The molecule has 8 heteroatoms. The lowest BCUT2D eigenvalue weighted by Crippen LogP contribution is -2.28. The van der Waals surface area contributed by atoms with E-state index in [4.69, 9.17) is 5.84 Å². The first-order valence-corrected chi connectivity index (χ1v) is 8.12. The van der Waals surface area contributed by atoms with Gasteiger partial charge < -0.3 is 5.32 Å². The number of aromatic nitrogens is 3. The predicted molar refractivity (Wildman–Crippen MR) is 88.7 cm³/mol. The summed E-state index contributed by atoms with van der Waals surface area (Å²) in [5, 5.41) is 7.43. The van der Waals surface area contributed by atoms with Gasteiger partial charge in [0.15, 0.2) is 0 Å². The molecule has 0 radical (unpaired) electrons. The Labute approximate surface area is 130 Å². The number of nitrogen functional groups attached to an aromatic ring is 1. The Morgan fingerprint density at radius 2 is 2.10 bits per heavy atom.